The average molecular weight is 378 g/mol. The minimum Gasteiger partial charge on any atom is -0.457 e. The Labute approximate surface area is 155 Å². The fourth-order valence-corrected chi connectivity index (χ4v) is 4.39. The fraction of sp³-hybridized carbons (Fsp3) is 0.278. The molecule has 1 saturated carbocycles. The van der Waals surface area contributed by atoms with Crippen LogP contribution in [0, 0.1) is 5.92 Å². The highest BCUT2D eigenvalue weighted by Crippen LogP contribution is 2.41. The van der Waals surface area contributed by atoms with Crippen molar-refractivity contribution in [2.45, 2.75) is 17.5 Å². The zero-order valence-corrected chi connectivity index (χ0v) is 15.3. The molecule has 6 heteroatoms. The molecular weight excluding hydrogens is 362 g/mol. The van der Waals surface area contributed by atoms with Crippen molar-refractivity contribution in [3.63, 3.8) is 0 Å². The molecule has 0 N–H and O–H groups in total. The quantitative estimate of drug-likeness (QED) is 0.591. The van der Waals surface area contributed by atoms with E-state index in [2.05, 4.69) is 12.6 Å². The first-order valence-corrected chi connectivity index (χ1v) is 9.61. The molecule has 0 bridgehead atoms. The summed E-state index contributed by atoms with van der Waals surface area (Å²) in [5.74, 6) is 2.04. The Kier molecular flexibility index (Phi) is 4.41. The van der Waals surface area contributed by atoms with Crippen LogP contribution in [0.3, 0.4) is 0 Å². The van der Waals surface area contributed by atoms with E-state index in [0.29, 0.717) is 27.4 Å². The summed E-state index contributed by atoms with van der Waals surface area (Å²) < 4.78 is 5.75. The van der Waals surface area contributed by atoms with Gasteiger partial charge in [-0.25, -0.2) is 0 Å². The molecule has 1 amide bonds. The summed E-state index contributed by atoms with van der Waals surface area (Å²) in [5, 5.41) is 0.642. The Balaban J connectivity index is 1.56. The number of rotatable bonds is 4. The van der Waals surface area contributed by atoms with Gasteiger partial charge in [-0.2, -0.15) is 0 Å². The second kappa shape index (κ2) is 6.54. The summed E-state index contributed by atoms with van der Waals surface area (Å²) in [4.78, 5) is 15.1. The Bertz CT molecular complexity index is 813. The molecule has 2 aromatic rings. The molecule has 24 heavy (non-hydrogen) atoms. The predicted octanol–water partition coefficient (Wildman–Crippen LogP) is 5.14. The summed E-state index contributed by atoms with van der Waals surface area (Å²) in [6, 6.07) is 11.3. The van der Waals surface area contributed by atoms with Crippen molar-refractivity contribution in [2.75, 3.05) is 6.54 Å². The third-order valence-corrected chi connectivity index (χ3v) is 6.10. The SMILES string of the molecule is O=C1/C(=C/c2ccc(-c3ccccc3Cl)o2)SC(S)N1CC1CC1. The van der Waals surface area contributed by atoms with Crippen molar-refractivity contribution >= 4 is 48.0 Å². The Hall–Kier alpha value is -1.30. The smallest absolute Gasteiger partial charge is 0.262 e. The minimum atomic E-state index is -0.109. The summed E-state index contributed by atoms with van der Waals surface area (Å²) in [7, 11) is 0. The zero-order valence-electron chi connectivity index (χ0n) is 12.8. The van der Waals surface area contributed by atoms with Crippen molar-refractivity contribution in [1.29, 1.82) is 0 Å². The van der Waals surface area contributed by atoms with Crippen molar-refractivity contribution in [2.24, 2.45) is 5.92 Å². The van der Waals surface area contributed by atoms with E-state index in [1.807, 2.05) is 41.3 Å². The number of thioether (sulfide) groups is 1. The maximum atomic E-state index is 12.5. The van der Waals surface area contributed by atoms with Crippen molar-refractivity contribution in [1.82, 2.24) is 4.90 Å². The van der Waals surface area contributed by atoms with Gasteiger partial charge in [-0.3, -0.25) is 4.79 Å². The van der Waals surface area contributed by atoms with Gasteiger partial charge in [0.05, 0.1) is 9.93 Å². The lowest BCUT2D eigenvalue weighted by molar-refractivity contribution is -0.125. The van der Waals surface area contributed by atoms with E-state index in [-0.39, 0.29) is 10.6 Å². The van der Waals surface area contributed by atoms with E-state index >= 15 is 0 Å². The number of halogens is 1. The Morgan fingerprint density at radius 1 is 1.29 bits per heavy atom. The normalized spacial score (nSPS) is 22.6. The van der Waals surface area contributed by atoms with Gasteiger partial charge in [-0.15, -0.1) is 12.6 Å². The predicted molar refractivity (Wildman–Crippen MR) is 102 cm³/mol. The molecule has 1 aliphatic carbocycles. The van der Waals surface area contributed by atoms with Crippen molar-refractivity contribution in [3.05, 3.63) is 52.1 Å². The first-order valence-electron chi connectivity index (χ1n) is 7.84. The van der Waals surface area contributed by atoms with E-state index in [0.717, 1.165) is 12.1 Å². The Morgan fingerprint density at radius 2 is 2.08 bits per heavy atom. The van der Waals surface area contributed by atoms with Crippen LogP contribution in [0.1, 0.15) is 18.6 Å². The minimum absolute atomic E-state index is 0.0441. The van der Waals surface area contributed by atoms with Gasteiger partial charge >= 0.3 is 0 Å². The molecule has 1 aromatic heterocycles. The van der Waals surface area contributed by atoms with E-state index in [9.17, 15) is 4.79 Å². The van der Waals surface area contributed by atoms with Crippen molar-refractivity contribution < 1.29 is 9.21 Å². The van der Waals surface area contributed by atoms with Gasteiger partial charge in [0.2, 0.25) is 0 Å². The Morgan fingerprint density at radius 3 is 2.83 bits per heavy atom. The molecule has 1 aromatic carbocycles. The number of thiol groups is 1. The largest absolute Gasteiger partial charge is 0.457 e. The van der Waals surface area contributed by atoms with Crippen LogP contribution in [0.4, 0.5) is 0 Å². The van der Waals surface area contributed by atoms with Crippen molar-refractivity contribution in [3.8, 4) is 11.3 Å². The van der Waals surface area contributed by atoms with Crippen LogP contribution in [-0.4, -0.2) is 22.1 Å². The molecule has 2 heterocycles. The second-order valence-corrected chi connectivity index (χ2v) is 8.40. The molecule has 1 aliphatic heterocycles. The van der Waals surface area contributed by atoms with Gasteiger partial charge in [0.1, 0.15) is 16.2 Å². The third kappa shape index (κ3) is 3.25. The highest BCUT2D eigenvalue weighted by Gasteiger charge is 2.37. The topological polar surface area (TPSA) is 33.5 Å². The first-order chi connectivity index (χ1) is 11.6. The zero-order chi connectivity index (χ0) is 16.7. The molecular formula is C18H16ClNO2S2. The number of benzene rings is 1. The van der Waals surface area contributed by atoms with Crippen LogP contribution in [0.2, 0.25) is 5.02 Å². The number of carbonyl (C=O) groups excluding carboxylic acids is 1. The number of carbonyl (C=O) groups is 1. The van der Waals surface area contributed by atoms with E-state index in [1.165, 1.54) is 24.6 Å². The van der Waals surface area contributed by atoms with Crippen LogP contribution in [-0.2, 0) is 4.79 Å². The standard InChI is InChI=1S/C18H16ClNO2S2/c19-14-4-2-1-3-13(14)15-8-7-12(22-15)9-16-17(21)20(18(23)24-16)10-11-5-6-11/h1-4,7-9,11,18,23H,5-6,10H2/b16-9-. The molecule has 0 radical (unpaired) electrons. The highest BCUT2D eigenvalue weighted by atomic mass is 35.5. The van der Waals surface area contributed by atoms with Gasteiger partial charge in [-0.1, -0.05) is 35.5 Å². The van der Waals surface area contributed by atoms with Gasteiger partial charge in [0.25, 0.3) is 5.91 Å². The second-order valence-electron chi connectivity index (χ2n) is 6.04. The summed E-state index contributed by atoms with van der Waals surface area (Å²) in [5.41, 5.74) is 0.844. The summed E-state index contributed by atoms with van der Waals surface area (Å²) in [6.45, 7) is 0.806. The van der Waals surface area contributed by atoms with E-state index in [1.54, 1.807) is 6.08 Å². The molecule has 1 saturated heterocycles. The molecule has 1 unspecified atom stereocenters. The lowest BCUT2D eigenvalue weighted by Gasteiger charge is -2.18. The summed E-state index contributed by atoms with van der Waals surface area (Å²) in [6.07, 6.45) is 4.23. The maximum absolute atomic E-state index is 12.5. The monoisotopic (exact) mass is 377 g/mol. The van der Waals surface area contributed by atoms with Gasteiger partial charge in [0.15, 0.2) is 0 Å². The number of hydrogen-bond acceptors (Lipinski definition) is 4. The molecule has 4 rings (SSSR count). The van der Waals surface area contributed by atoms with E-state index < -0.39 is 0 Å². The highest BCUT2D eigenvalue weighted by molar-refractivity contribution is 8.14. The van der Waals surface area contributed by atoms with Crippen LogP contribution in [0.15, 0.2) is 45.7 Å². The third-order valence-electron chi connectivity index (χ3n) is 4.16. The van der Waals surface area contributed by atoms with Crippen LogP contribution in [0.25, 0.3) is 17.4 Å². The van der Waals surface area contributed by atoms with E-state index in [4.69, 9.17) is 16.0 Å². The van der Waals surface area contributed by atoms with Gasteiger partial charge < -0.3 is 9.32 Å². The number of hydrogen-bond donors (Lipinski definition) is 1. The molecule has 0 spiro atoms. The lowest BCUT2D eigenvalue weighted by Crippen LogP contribution is -2.31. The van der Waals surface area contributed by atoms with Gasteiger partial charge in [-0.05, 0) is 43.0 Å². The number of nitrogens with zero attached hydrogens (tertiary/aromatic N) is 1. The van der Waals surface area contributed by atoms with Gasteiger partial charge in [0, 0.05) is 18.2 Å². The molecule has 124 valence electrons. The lowest BCUT2D eigenvalue weighted by atomic mass is 10.2. The summed E-state index contributed by atoms with van der Waals surface area (Å²) >= 11 is 12.2. The van der Waals surface area contributed by atoms with Crippen LogP contribution < -0.4 is 0 Å². The number of amides is 1. The maximum Gasteiger partial charge on any atom is 0.262 e. The fourth-order valence-electron chi connectivity index (χ4n) is 2.68. The van der Waals surface area contributed by atoms with Crippen LogP contribution in [0.5, 0.6) is 0 Å². The molecule has 2 fully saturated rings. The molecule has 2 aliphatic rings. The van der Waals surface area contributed by atoms with Crippen LogP contribution >= 0.6 is 36.0 Å². The molecule has 3 nitrogen and oxygen atoms in total. The first kappa shape index (κ1) is 16.2. The molecule has 1 atom stereocenters. The number of furan rings is 1. The average Bonchev–Trinajstić information content (AvgIpc) is 3.21.